The molecule has 1 aromatic carbocycles. The van der Waals surface area contributed by atoms with Gasteiger partial charge in [0.15, 0.2) is 5.17 Å². The Labute approximate surface area is 126 Å². The molecule has 0 aromatic heterocycles. The number of likely N-dealkylation sites (N-methyl/N-ethyl adjacent to an activating group) is 1. The number of benzene rings is 1. The van der Waals surface area contributed by atoms with E-state index in [9.17, 15) is 14.9 Å². The van der Waals surface area contributed by atoms with Gasteiger partial charge in [-0.25, -0.2) is 0 Å². The van der Waals surface area contributed by atoms with Crippen LogP contribution in [0.5, 0.6) is 0 Å². The minimum absolute atomic E-state index is 0.00888. The lowest BCUT2D eigenvalue weighted by Gasteiger charge is -2.11. The zero-order valence-electron chi connectivity index (χ0n) is 11.8. The fraction of sp³-hybridized carbons (Fsp3) is 0.286. The Morgan fingerprint density at radius 3 is 2.81 bits per heavy atom. The van der Waals surface area contributed by atoms with Crippen molar-refractivity contribution in [3.63, 3.8) is 0 Å². The first-order valence-electron chi connectivity index (χ1n) is 6.57. The number of nitro groups is 1. The molecule has 0 unspecified atom stereocenters. The van der Waals surface area contributed by atoms with E-state index in [0.29, 0.717) is 28.7 Å². The van der Waals surface area contributed by atoms with Crippen LogP contribution in [0.3, 0.4) is 0 Å². The zero-order valence-corrected chi connectivity index (χ0v) is 12.6. The van der Waals surface area contributed by atoms with Crippen LogP contribution < -0.4 is 0 Å². The lowest BCUT2D eigenvalue weighted by Crippen LogP contribution is -2.28. The minimum atomic E-state index is -0.450. The van der Waals surface area contributed by atoms with Gasteiger partial charge in [0, 0.05) is 25.2 Å². The summed E-state index contributed by atoms with van der Waals surface area (Å²) < 4.78 is 0. The highest BCUT2D eigenvalue weighted by atomic mass is 32.2. The molecule has 7 heteroatoms. The normalized spacial score (nSPS) is 18.8. The summed E-state index contributed by atoms with van der Waals surface area (Å²) in [5.41, 5.74) is 0.642. The molecule has 1 heterocycles. The minimum Gasteiger partial charge on any atom is -0.287 e. The van der Waals surface area contributed by atoms with Crippen molar-refractivity contribution >= 4 is 34.6 Å². The molecule has 1 aliphatic heterocycles. The van der Waals surface area contributed by atoms with E-state index < -0.39 is 4.92 Å². The Morgan fingerprint density at radius 2 is 2.19 bits per heavy atom. The number of nitro benzene ring substituents is 1. The summed E-state index contributed by atoms with van der Waals surface area (Å²) >= 11 is 1.30. The Hall–Kier alpha value is -2.15. The molecule has 2 rings (SSSR count). The monoisotopic (exact) mass is 305 g/mol. The first-order chi connectivity index (χ1) is 10.1. The average Bonchev–Trinajstić information content (AvgIpc) is 2.75. The van der Waals surface area contributed by atoms with Gasteiger partial charge in [0.25, 0.3) is 11.6 Å². The number of aliphatic imine (C=N–C) groups is 1. The Balaban J connectivity index is 2.33. The van der Waals surface area contributed by atoms with Gasteiger partial charge in [0.05, 0.1) is 9.83 Å². The molecule has 0 radical (unpaired) electrons. The zero-order chi connectivity index (χ0) is 15.4. The fourth-order valence-corrected chi connectivity index (χ4v) is 3.02. The van der Waals surface area contributed by atoms with E-state index in [0.717, 1.165) is 0 Å². The van der Waals surface area contributed by atoms with Crippen molar-refractivity contribution in [3.8, 4) is 0 Å². The van der Waals surface area contributed by atoms with Crippen LogP contribution in [0.15, 0.2) is 34.2 Å². The number of amidine groups is 1. The Bertz CT molecular complexity index is 640. The number of hydrogen-bond acceptors (Lipinski definition) is 5. The summed E-state index contributed by atoms with van der Waals surface area (Å²) in [5, 5.41) is 11.5. The van der Waals surface area contributed by atoms with E-state index in [4.69, 9.17) is 0 Å². The summed E-state index contributed by atoms with van der Waals surface area (Å²) in [5.74, 6) is -0.110. The van der Waals surface area contributed by atoms with Gasteiger partial charge in [-0.15, -0.1) is 0 Å². The van der Waals surface area contributed by atoms with Crippen molar-refractivity contribution in [1.29, 1.82) is 0 Å². The van der Waals surface area contributed by atoms with Crippen LogP contribution in [0.4, 0.5) is 5.69 Å². The maximum atomic E-state index is 12.3. The molecule has 110 valence electrons. The second-order valence-corrected chi connectivity index (χ2v) is 5.28. The Kier molecular flexibility index (Phi) is 4.74. The Morgan fingerprint density at radius 1 is 1.43 bits per heavy atom. The quantitative estimate of drug-likeness (QED) is 0.487. The van der Waals surface area contributed by atoms with Gasteiger partial charge < -0.3 is 0 Å². The van der Waals surface area contributed by atoms with Gasteiger partial charge in [0.2, 0.25) is 0 Å². The number of hydrogen-bond donors (Lipinski definition) is 0. The van der Waals surface area contributed by atoms with Crippen molar-refractivity contribution in [3.05, 3.63) is 44.8 Å². The highest BCUT2D eigenvalue weighted by molar-refractivity contribution is 8.18. The summed E-state index contributed by atoms with van der Waals surface area (Å²) in [7, 11) is 0. The lowest BCUT2D eigenvalue weighted by atomic mass is 10.2. The van der Waals surface area contributed by atoms with Crippen molar-refractivity contribution in [2.75, 3.05) is 13.1 Å². The predicted octanol–water partition coefficient (Wildman–Crippen LogP) is 2.91. The van der Waals surface area contributed by atoms with Gasteiger partial charge in [0.1, 0.15) is 0 Å². The first kappa shape index (κ1) is 15.2. The summed E-state index contributed by atoms with van der Waals surface area (Å²) in [4.78, 5) is 29.0. The van der Waals surface area contributed by atoms with Crippen molar-refractivity contribution < 1.29 is 9.72 Å². The molecule has 1 fully saturated rings. The third kappa shape index (κ3) is 3.30. The number of thioether (sulfide) groups is 1. The van der Waals surface area contributed by atoms with Crippen molar-refractivity contribution in [2.24, 2.45) is 4.99 Å². The van der Waals surface area contributed by atoms with Gasteiger partial charge in [-0.2, -0.15) is 0 Å². The number of carbonyl (C=O) groups is 1. The molecule has 0 atom stereocenters. The topological polar surface area (TPSA) is 75.8 Å². The third-order valence-corrected chi connectivity index (χ3v) is 3.92. The van der Waals surface area contributed by atoms with Crippen LogP contribution in [-0.4, -0.2) is 34.0 Å². The number of rotatable bonds is 4. The van der Waals surface area contributed by atoms with Crippen molar-refractivity contribution in [2.45, 2.75) is 13.8 Å². The molecule has 0 bridgehead atoms. The van der Waals surface area contributed by atoms with E-state index in [1.54, 1.807) is 23.1 Å². The van der Waals surface area contributed by atoms with Crippen LogP contribution in [0.2, 0.25) is 0 Å². The lowest BCUT2D eigenvalue weighted by molar-refractivity contribution is -0.384. The second-order valence-electron chi connectivity index (χ2n) is 4.27. The molecule has 0 aliphatic carbocycles. The SMILES string of the molecule is CCN=C1SC(=Cc2cccc([N+](=O)[O-])c2)C(=O)N1CC. The van der Waals surface area contributed by atoms with Crippen LogP contribution >= 0.6 is 11.8 Å². The molecule has 1 saturated heterocycles. The second kappa shape index (κ2) is 6.53. The first-order valence-corrected chi connectivity index (χ1v) is 7.38. The number of nitrogens with zero attached hydrogens (tertiary/aromatic N) is 3. The van der Waals surface area contributed by atoms with Gasteiger partial charge >= 0.3 is 0 Å². The smallest absolute Gasteiger partial charge is 0.270 e. The van der Waals surface area contributed by atoms with Crippen LogP contribution in [0.25, 0.3) is 6.08 Å². The highest BCUT2D eigenvalue weighted by Crippen LogP contribution is 2.32. The maximum absolute atomic E-state index is 12.3. The molecule has 1 aromatic rings. The molecule has 21 heavy (non-hydrogen) atoms. The summed E-state index contributed by atoms with van der Waals surface area (Å²) in [6.45, 7) is 4.96. The number of carbonyl (C=O) groups excluding carboxylic acids is 1. The van der Waals surface area contributed by atoms with E-state index in [2.05, 4.69) is 4.99 Å². The van der Waals surface area contributed by atoms with E-state index >= 15 is 0 Å². The van der Waals surface area contributed by atoms with Crippen LogP contribution in [0, 0.1) is 10.1 Å². The van der Waals surface area contributed by atoms with Crippen molar-refractivity contribution in [1.82, 2.24) is 4.90 Å². The predicted molar refractivity (Wildman–Crippen MR) is 84.0 cm³/mol. The molecule has 1 aliphatic rings. The molecule has 1 amide bonds. The highest BCUT2D eigenvalue weighted by Gasteiger charge is 2.31. The maximum Gasteiger partial charge on any atom is 0.270 e. The van der Waals surface area contributed by atoms with Gasteiger partial charge in [-0.1, -0.05) is 12.1 Å². The van der Waals surface area contributed by atoms with E-state index in [1.165, 1.54) is 23.9 Å². The van der Waals surface area contributed by atoms with E-state index in [-0.39, 0.29) is 11.6 Å². The molecule has 0 saturated carbocycles. The van der Waals surface area contributed by atoms with Crippen LogP contribution in [0.1, 0.15) is 19.4 Å². The third-order valence-electron chi connectivity index (χ3n) is 2.88. The molecular weight excluding hydrogens is 290 g/mol. The summed E-state index contributed by atoms with van der Waals surface area (Å²) in [6.07, 6.45) is 1.67. The van der Waals surface area contributed by atoms with Gasteiger partial charge in [-0.3, -0.25) is 24.8 Å². The average molecular weight is 305 g/mol. The molecular formula is C14H15N3O3S. The summed E-state index contributed by atoms with van der Waals surface area (Å²) in [6, 6.07) is 6.21. The number of amides is 1. The molecule has 0 N–H and O–H groups in total. The fourth-order valence-electron chi connectivity index (χ4n) is 1.92. The van der Waals surface area contributed by atoms with Gasteiger partial charge in [-0.05, 0) is 37.2 Å². The standard InChI is InChI=1S/C14H15N3O3S/c1-3-15-14-16(4-2)13(18)12(21-14)9-10-6-5-7-11(8-10)17(19)20/h5-9H,3-4H2,1-2H3. The number of non-ortho nitro benzene ring substituents is 1. The van der Waals surface area contributed by atoms with E-state index in [1.807, 2.05) is 13.8 Å². The van der Waals surface area contributed by atoms with Crippen LogP contribution in [-0.2, 0) is 4.79 Å². The molecule has 6 nitrogen and oxygen atoms in total. The largest absolute Gasteiger partial charge is 0.287 e. The molecule has 0 spiro atoms.